The molecule has 0 heterocycles. The van der Waals surface area contributed by atoms with Crippen molar-refractivity contribution in [2.75, 3.05) is 26.4 Å². The third kappa shape index (κ3) is 38.3. The van der Waals surface area contributed by atoms with Crippen LogP contribution < -0.4 is 5.73 Å². The van der Waals surface area contributed by atoms with Crippen molar-refractivity contribution in [3.63, 3.8) is 0 Å². The Morgan fingerprint density at radius 2 is 1.16 bits per heavy atom. The Morgan fingerprint density at radius 1 is 0.636 bits per heavy atom. The van der Waals surface area contributed by atoms with E-state index in [1.807, 2.05) is 6.08 Å². The zero-order valence-corrected chi connectivity index (χ0v) is 35.0. The maximum absolute atomic E-state index is 12.6. The quantitative estimate of drug-likeness (QED) is 0.0154. The number of rotatable bonds is 38. The van der Waals surface area contributed by atoms with E-state index in [-0.39, 0.29) is 32.6 Å². The van der Waals surface area contributed by atoms with Gasteiger partial charge in [-0.3, -0.25) is 18.6 Å². The van der Waals surface area contributed by atoms with Gasteiger partial charge >= 0.3 is 19.8 Å². The zero-order valence-electron chi connectivity index (χ0n) is 34.1. The molecule has 0 rings (SSSR count). The molecule has 0 aliphatic rings. The smallest absolute Gasteiger partial charge is 0.462 e. The van der Waals surface area contributed by atoms with Crippen LogP contribution >= 0.6 is 7.82 Å². The molecular weight excluding hydrogens is 721 g/mol. The summed E-state index contributed by atoms with van der Waals surface area (Å²) in [5.41, 5.74) is 5.33. The molecule has 0 aromatic heterocycles. The topological polar surface area (TPSA) is 175 Å². The fourth-order valence-corrected chi connectivity index (χ4v) is 6.12. The van der Waals surface area contributed by atoms with Gasteiger partial charge in [0.1, 0.15) is 6.61 Å². The first-order valence-electron chi connectivity index (χ1n) is 21.0. The first kappa shape index (κ1) is 52.6. The van der Waals surface area contributed by atoms with Crippen molar-refractivity contribution in [1.29, 1.82) is 0 Å². The number of hydrogen-bond acceptors (Lipinski definition) is 10. The molecule has 0 spiro atoms. The van der Waals surface area contributed by atoms with Gasteiger partial charge in [-0.2, -0.15) is 0 Å². The minimum Gasteiger partial charge on any atom is -0.462 e. The lowest BCUT2D eigenvalue weighted by Gasteiger charge is -2.20. The maximum atomic E-state index is 12.6. The predicted molar refractivity (Wildman–Crippen MR) is 222 cm³/mol. The number of ether oxygens (including phenoxy) is 2. The van der Waals surface area contributed by atoms with E-state index in [9.17, 15) is 29.3 Å². The first-order valence-corrected chi connectivity index (χ1v) is 22.5. The van der Waals surface area contributed by atoms with Crippen LogP contribution in [0.2, 0.25) is 0 Å². The van der Waals surface area contributed by atoms with E-state index in [4.69, 9.17) is 24.3 Å². The van der Waals surface area contributed by atoms with Gasteiger partial charge in [0.25, 0.3) is 0 Å². The highest BCUT2D eigenvalue weighted by molar-refractivity contribution is 7.47. The van der Waals surface area contributed by atoms with Crippen molar-refractivity contribution in [3.05, 3.63) is 60.8 Å². The first-order chi connectivity index (χ1) is 26.6. The number of aliphatic hydroxyl groups is 2. The molecule has 0 bridgehead atoms. The number of unbranched alkanes of at least 4 members (excludes halogenated alkanes) is 14. The van der Waals surface area contributed by atoms with Crippen molar-refractivity contribution < 1.29 is 47.8 Å². The third-order valence-electron chi connectivity index (χ3n) is 8.57. The predicted octanol–water partition coefficient (Wildman–Crippen LogP) is 9.66. The molecule has 1 unspecified atom stereocenters. The zero-order chi connectivity index (χ0) is 40.7. The van der Waals surface area contributed by atoms with Crippen molar-refractivity contribution in [3.8, 4) is 0 Å². The van der Waals surface area contributed by atoms with Crippen LogP contribution in [0.1, 0.15) is 155 Å². The van der Waals surface area contributed by atoms with E-state index in [0.717, 1.165) is 32.1 Å². The van der Waals surface area contributed by atoms with E-state index in [1.54, 1.807) is 36.5 Å². The van der Waals surface area contributed by atoms with E-state index < -0.39 is 44.7 Å². The molecule has 0 saturated carbocycles. The molecule has 5 N–H and O–H groups in total. The number of phosphoric acid groups is 1. The standard InChI is InChI=1S/C43H76NO10P/c1-3-5-7-9-11-12-13-14-15-16-17-18-19-21-27-33-43(48)54-41(38-53-55(49,50)52-36-35-44)37-51-42(47)34-28-32-40(46)31-26-23-22-25-30-39(45)29-24-20-10-8-6-4-2/h12-13,20,22-26,30-31,39-41,45-46H,3-11,14-19,21,27-29,32-38,44H2,1-2H3,(H,49,50)/b13-12-,23-22+,24-20-,30-25+,31-26-/t39-,40-,41-/m1/s1. The number of esters is 2. The highest BCUT2D eigenvalue weighted by Gasteiger charge is 2.26. The number of allylic oxidation sites excluding steroid dienone is 7. The SMILES string of the molecule is CCCCC/C=C\C[C@@H](O)/C=C/C=C/C=C\[C@@H](O)CCCC(=O)OC[C@H](COP(=O)(O)OCCN)OC(=O)CCCCCCCCC/C=C\CCCCCC. The van der Waals surface area contributed by atoms with E-state index >= 15 is 0 Å². The Hall–Kier alpha value is -2.37. The maximum Gasteiger partial charge on any atom is 0.472 e. The second-order valence-electron chi connectivity index (χ2n) is 13.9. The van der Waals surface area contributed by atoms with Gasteiger partial charge in [0, 0.05) is 19.4 Å². The summed E-state index contributed by atoms with van der Waals surface area (Å²) in [6.45, 7) is 3.35. The lowest BCUT2D eigenvalue weighted by atomic mass is 10.1. The largest absolute Gasteiger partial charge is 0.472 e. The molecule has 11 nitrogen and oxygen atoms in total. The van der Waals surface area contributed by atoms with Crippen molar-refractivity contribution >= 4 is 19.8 Å². The highest BCUT2D eigenvalue weighted by Crippen LogP contribution is 2.43. The molecule has 318 valence electrons. The molecule has 0 aliphatic carbocycles. The molecule has 0 aliphatic heterocycles. The van der Waals surface area contributed by atoms with Crippen LogP contribution in [-0.4, -0.2) is 71.7 Å². The molecule has 0 saturated heterocycles. The van der Waals surface area contributed by atoms with Gasteiger partial charge in [-0.25, -0.2) is 4.57 Å². The van der Waals surface area contributed by atoms with E-state index in [0.29, 0.717) is 25.7 Å². The molecule has 0 fully saturated rings. The molecule has 0 radical (unpaired) electrons. The van der Waals surface area contributed by atoms with Crippen LogP contribution in [-0.2, 0) is 32.7 Å². The second-order valence-corrected chi connectivity index (χ2v) is 15.4. The van der Waals surface area contributed by atoms with Crippen LogP contribution in [0.3, 0.4) is 0 Å². The number of hydrogen-bond donors (Lipinski definition) is 4. The Balaban J connectivity index is 4.45. The number of phosphoric ester groups is 1. The van der Waals surface area contributed by atoms with Gasteiger partial charge in [-0.15, -0.1) is 0 Å². The molecule has 4 atom stereocenters. The Kier molecular flexibility index (Phi) is 36.8. The number of carbonyl (C=O) groups excluding carboxylic acids is 2. The van der Waals surface area contributed by atoms with Gasteiger partial charge < -0.3 is 30.3 Å². The Bertz CT molecular complexity index is 1120. The van der Waals surface area contributed by atoms with Crippen LogP contribution in [0, 0.1) is 0 Å². The van der Waals surface area contributed by atoms with Gasteiger partial charge in [0.2, 0.25) is 0 Å². The fraction of sp³-hybridized carbons (Fsp3) is 0.721. The summed E-state index contributed by atoms with van der Waals surface area (Å²) in [5, 5.41) is 20.2. The highest BCUT2D eigenvalue weighted by atomic mass is 31.2. The monoisotopic (exact) mass is 798 g/mol. The van der Waals surface area contributed by atoms with Crippen LogP contribution in [0.15, 0.2) is 60.8 Å². The molecule has 0 aromatic carbocycles. The Labute approximate surface area is 333 Å². The summed E-state index contributed by atoms with van der Waals surface area (Å²) in [5.74, 6) is -1.08. The van der Waals surface area contributed by atoms with Crippen LogP contribution in [0.25, 0.3) is 0 Å². The van der Waals surface area contributed by atoms with Crippen molar-refractivity contribution in [1.82, 2.24) is 0 Å². The fourth-order valence-electron chi connectivity index (χ4n) is 5.35. The summed E-state index contributed by atoms with van der Waals surface area (Å²) < 4.78 is 32.5. The molecule has 12 heteroatoms. The van der Waals surface area contributed by atoms with Crippen molar-refractivity contribution in [2.24, 2.45) is 5.73 Å². The minimum atomic E-state index is -4.44. The number of nitrogens with two attached hydrogens (primary N) is 1. The number of aliphatic hydroxyl groups excluding tert-OH is 2. The van der Waals surface area contributed by atoms with Gasteiger partial charge in [0.15, 0.2) is 6.10 Å². The van der Waals surface area contributed by atoms with Crippen LogP contribution in [0.4, 0.5) is 0 Å². The summed E-state index contributed by atoms with van der Waals surface area (Å²) in [7, 11) is -4.44. The summed E-state index contributed by atoms with van der Waals surface area (Å²) in [6.07, 6.45) is 37.4. The molecule has 0 amide bonds. The lowest BCUT2D eigenvalue weighted by molar-refractivity contribution is -0.161. The average molecular weight is 798 g/mol. The molecule has 0 aromatic rings. The molecular formula is C43H76NO10P. The minimum absolute atomic E-state index is 0.0155. The van der Waals surface area contributed by atoms with E-state index in [2.05, 4.69) is 32.1 Å². The van der Waals surface area contributed by atoms with Gasteiger partial charge in [0.05, 0.1) is 25.4 Å². The number of carbonyl (C=O) groups is 2. The normalized spacial score (nSPS) is 15.1. The summed E-state index contributed by atoms with van der Waals surface area (Å²) >= 11 is 0. The van der Waals surface area contributed by atoms with E-state index in [1.165, 1.54) is 70.6 Å². The van der Waals surface area contributed by atoms with Gasteiger partial charge in [-0.1, -0.05) is 139 Å². The molecule has 55 heavy (non-hydrogen) atoms. The average Bonchev–Trinajstić information content (AvgIpc) is 3.16. The summed E-state index contributed by atoms with van der Waals surface area (Å²) in [4.78, 5) is 34.8. The lowest BCUT2D eigenvalue weighted by Crippen LogP contribution is -2.29. The second kappa shape index (κ2) is 38.5. The van der Waals surface area contributed by atoms with Crippen LogP contribution in [0.5, 0.6) is 0 Å². The summed E-state index contributed by atoms with van der Waals surface area (Å²) in [6, 6.07) is 0. The Morgan fingerprint density at radius 3 is 1.80 bits per heavy atom. The van der Waals surface area contributed by atoms with Crippen molar-refractivity contribution in [2.45, 2.75) is 173 Å². The van der Waals surface area contributed by atoms with Gasteiger partial charge in [-0.05, 0) is 64.2 Å². The third-order valence-corrected chi connectivity index (χ3v) is 9.55.